The van der Waals surface area contributed by atoms with Crippen molar-refractivity contribution in [1.29, 1.82) is 0 Å². The number of aliphatic hydroxyl groups is 1. The molecule has 0 aliphatic rings. The van der Waals surface area contributed by atoms with Gasteiger partial charge in [-0.25, -0.2) is 0 Å². The maximum absolute atomic E-state index is 7.57. The van der Waals surface area contributed by atoms with Gasteiger partial charge in [0.2, 0.25) is 0 Å². The largest absolute Gasteiger partial charge is 0.668 e. The van der Waals surface area contributed by atoms with Crippen molar-refractivity contribution in [2.24, 2.45) is 0 Å². The van der Waals surface area contributed by atoms with E-state index in [4.69, 9.17) is 5.11 Å². The minimum atomic E-state index is 0. The van der Waals surface area contributed by atoms with E-state index in [1.807, 2.05) is 0 Å². The van der Waals surface area contributed by atoms with Crippen LogP contribution in [-0.4, -0.2) is 25.8 Å². The molecule has 0 bridgehead atoms. The van der Waals surface area contributed by atoms with Gasteiger partial charge in [0, 0.05) is 28.3 Å². The van der Waals surface area contributed by atoms with Crippen LogP contribution in [0.25, 0.3) is 5.32 Å². The van der Waals surface area contributed by atoms with Crippen molar-refractivity contribution >= 4 is 24.8 Å². The zero-order chi connectivity index (χ0) is 5.41. The van der Waals surface area contributed by atoms with Crippen LogP contribution in [0.2, 0.25) is 0 Å². The van der Waals surface area contributed by atoms with Crippen LogP contribution in [0.15, 0.2) is 0 Å². The summed E-state index contributed by atoms with van der Waals surface area (Å²) >= 11 is 0. The summed E-state index contributed by atoms with van der Waals surface area (Å²) in [4.78, 5) is 0. The van der Waals surface area contributed by atoms with Crippen LogP contribution >= 0.6 is 24.8 Å². The molecule has 0 radical (unpaired) electrons. The minimum Gasteiger partial charge on any atom is -0.668 e. The second-order valence-electron chi connectivity index (χ2n) is 0.763. The van der Waals surface area contributed by atoms with E-state index in [2.05, 4.69) is 5.32 Å². The van der Waals surface area contributed by atoms with E-state index < -0.39 is 0 Å². The van der Waals surface area contributed by atoms with E-state index in [9.17, 15) is 0 Å². The molecular weight excluding hydrogens is 197 g/mol. The molecule has 0 aromatic rings. The third-order valence-corrected chi connectivity index (χ3v) is 0. The van der Waals surface area contributed by atoms with Crippen LogP contribution in [0.4, 0.5) is 0 Å². The molecule has 0 unspecified atom stereocenters. The maximum Gasteiger partial charge on any atom is 0.0402 e. The maximum atomic E-state index is 7.57. The first-order valence-corrected chi connectivity index (χ1v) is 1.92. The van der Waals surface area contributed by atoms with Crippen LogP contribution in [0, 0.1) is 0 Å². The molecule has 0 aromatic carbocycles. The second kappa shape index (κ2) is 60.2. The van der Waals surface area contributed by atoms with Gasteiger partial charge in [0.1, 0.15) is 0 Å². The van der Waals surface area contributed by atoms with Gasteiger partial charge in [0.25, 0.3) is 0 Å². The number of rotatable bonds is 0. The van der Waals surface area contributed by atoms with Crippen LogP contribution < -0.4 is 0 Å². The molecule has 0 fully saturated rings. The van der Waals surface area contributed by atoms with E-state index in [1.54, 1.807) is 21.0 Å². The third-order valence-electron chi connectivity index (χ3n) is 0. The normalized spacial score (nSPS) is 4.00. The first kappa shape index (κ1) is 31.9. The monoisotopic (exact) mass is 210 g/mol. The molecule has 60 valence electrons. The molecule has 0 rings (SSSR count). The van der Waals surface area contributed by atoms with Crippen molar-refractivity contribution in [2.45, 2.75) is 6.92 Å². The van der Waals surface area contributed by atoms with Crippen LogP contribution in [0.3, 0.4) is 0 Å². The Morgan fingerprint density at radius 1 is 1.22 bits per heavy atom. The zero-order valence-electron chi connectivity index (χ0n) is 5.92. The van der Waals surface area contributed by atoms with E-state index >= 15 is 0 Å². The van der Waals surface area contributed by atoms with E-state index in [-0.39, 0.29) is 53.1 Å². The van der Waals surface area contributed by atoms with Gasteiger partial charge in [-0.3, -0.25) is 0 Å². The predicted octanol–water partition coefficient (Wildman–Crippen LogP) is 1.46. The summed E-state index contributed by atoms with van der Waals surface area (Å²) in [5.41, 5.74) is 0. The fourth-order valence-corrected chi connectivity index (χ4v) is 0. The predicted molar refractivity (Wildman–Crippen MR) is 42.5 cm³/mol. The van der Waals surface area contributed by atoms with Gasteiger partial charge in [0.05, 0.1) is 0 Å². The van der Waals surface area contributed by atoms with Gasteiger partial charge in [-0.2, -0.15) is 14.1 Å². The molecule has 0 amide bonds. The fourth-order valence-electron chi connectivity index (χ4n) is 0. The van der Waals surface area contributed by atoms with Crippen molar-refractivity contribution in [3.05, 3.63) is 5.32 Å². The molecule has 0 saturated heterocycles. The molecule has 0 aromatic heterocycles. The van der Waals surface area contributed by atoms with Crippen molar-refractivity contribution < 1.29 is 26.8 Å². The van der Waals surface area contributed by atoms with Crippen molar-refractivity contribution in [3.8, 4) is 0 Å². The van der Waals surface area contributed by atoms with Gasteiger partial charge in [-0.15, -0.1) is 24.8 Å². The van der Waals surface area contributed by atoms with Crippen LogP contribution in [-0.2, 0) is 21.7 Å². The SMILES string of the molecule is CCO.C[N-]C.Cl.Cl.[Ti]. The Kier molecular flexibility index (Phi) is 213. The first-order chi connectivity index (χ1) is 2.83. The Morgan fingerprint density at radius 3 is 1.22 bits per heavy atom. The second-order valence-corrected chi connectivity index (χ2v) is 0.763. The molecule has 0 heterocycles. The number of hydrogen-bond donors (Lipinski definition) is 1. The molecule has 0 atom stereocenters. The summed E-state index contributed by atoms with van der Waals surface area (Å²) in [6.45, 7) is 1.93. The standard InChI is InChI=1S/C2H6N.C2H6O.2ClH.Ti/c1-3-2;1-2-3;;;/h1-2H3;3H,2H2,1H3;2*1H;/q-1;;;;. The van der Waals surface area contributed by atoms with E-state index in [1.165, 1.54) is 0 Å². The van der Waals surface area contributed by atoms with E-state index in [0.717, 1.165) is 0 Å². The summed E-state index contributed by atoms with van der Waals surface area (Å²) in [5, 5.41) is 11.1. The molecule has 9 heavy (non-hydrogen) atoms. The van der Waals surface area contributed by atoms with Crippen molar-refractivity contribution in [2.75, 3.05) is 20.7 Å². The number of aliphatic hydroxyl groups excluding tert-OH is 1. The molecular formula is C4H14Cl2NOTi-. The van der Waals surface area contributed by atoms with Crippen molar-refractivity contribution in [1.82, 2.24) is 0 Å². The van der Waals surface area contributed by atoms with Gasteiger partial charge < -0.3 is 10.4 Å². The molecule has 5 heteroatoms. The Labute approximate surface area is 84.5 Å². The summed E-state index contributed by atoms with van der Waals surface area (Å²) in [6.07, 6.45) is 0. The fraction of sp³-hybridized carbons (Fsp3) is 1.00. The number of nitrogens with zero attached hydrogens (tertiary/aromatic N) is 1. The van der Waals surface area contributed by atoms with Gasteiger partial charge in [-0.05, 0) is 6.92 Å². The van der Waals surface area contributed by atoms with Crippen LogP contribution in [0.1, 0.15) is 6.92 Å². The summed E-state index contributed by atoms with van der Waals surface area (Å²) in [6, 6.07) is 0. The quantitative estimate of drug-likeness (QED) is 0.604. The Morgan fingerprint density at radius 2 is 1.22 bits per heavy atom. The van der Waals surface area contributed by atoms with Gasteiger partial charge in [0.15, 0.2) is 0 Å². The van der Waals surface area contributed by atoms with E-state index in [0.29, 0.717) is 0 Å². The Balaban J connectivity index is -0.00000000889. The first-order valence-electron chi connectivity index (χ1n) is 1.92. The summed E-state index contributed by atoms with van der Waals surface area (Å²) in [5.74, 6) is 0. The van der Waals surface area contributed by atoms with Gasteiger partial charge >= 0.3 is 0 Å². The summed E-state index contributed by atoms with van der Waals surface area (Å²) < 4.78 is 0. The smallest absolute Gasteiger partial charge is 0.0402 e. The average Bonchev–Trinajstić information content (AvgIpc) is 1.39. The topological polar surface area (TPSA) is 34.3 Å². The molecule has 0 aliphatic carbocycles. The molecule has 1 N–H and O–H groups in total. The van der Waals surface area contributed by atoms with Crippen LogP contribution in [0.5, 0.6) is 0 Å². The molecule has 0 aliphatic heterocycles. The molecule has 2 nitrogen and oxygen atoms in total. The molecule has 0 saturated carbocycles. The van der Waals surface area contributed by atoms with Gasteiger partial charge in [-0.1, -0.05) is 0 Å². The molecule has 0 spiro atoms. The van der Waals surface area contributed by atoms with Crippen molar-refractivity contribution in [3.63, 3.8) is 0 Å². The Hall–Kier alpha value is 1.21. The Bertz CT molecular complexity index is 20.5. The number of hydrogen-bond acceptors (Lipinski definition) is 1. The average molecular weight is 211 g/mol. The minimum absolute atomic E-state index is 0. The third kappa shape index (κ3) is 325. The summed E-state index contributed by atoms with van der Waals surface area (Å²) in [7, 11) is 3.50. The number of halogens is 2. The zero-order valence-corrected chi connectivity index (χ0v) is 9.11.